The lowest BCUT2D eigenvalue weighted by molar-refractivity contribution is -0.127. The fourth-order valence-electron chi connectivity index (χ4n) is 1.76. The molecule has 0 radical (unpaired) electrons. The molecule has 102 valence electrons. The first-order valence-corrected chi connectivity index (χ1v) is 5.99. The lowest BCUT2D eigenvalue weighted by atomic mass is 10.2. The van der Waals surface area contributed by atoms with Crippen LogP contribution in [-0.4, -0.2) is 24.6 Å². The van der Waals surface area contributed by atoms with Crippen LogP contribution in [0.15, 0.2) is 18.2 Å². The number of amides is 2. The zero-order valence-electron chi connectivity index (χ0n) is 10.9. The van der Waals surface area contributed by atoms with Crippen LogP contribution in [0.5, 0.6) is 11.5 Å². The first-order valence-electron chi connectivity index (χ1n) is 5.99. The topological polar surface area (TPSA) is 76.7 Å². The summed E-state index contributed by atoms with van der Waals surface area (Å²) in [4.78, 5) is 22.5. The van der Waals surface area contributed by atoms with Gasteiger partial charge in [0.25, 0.3) is 0 Å². The summed E-state index contributed by atoms with van der Waals surface area (Å²) in [5.74, 6) is 0.932. The average Bonchev–Trinajstić information content (AvgIpc) is 2.82. The fourth-order valence-corrected chi connectivity index (χ4v) is 1.76. The molecule has 1 unspecified atom stereocenters. The molecule has 0 aliphatic carbocycles. The monoisotopic (exact) mass is 264 g/mol. The van der Waals surface area contributed by atoms with E-state index >= 15 is 0 Å². The van der Waals surface area contributed by atoms with Crippen molar-refractivity contribution < 1.29 is 19.1 Å². The molecule has 1 aromatic rings. The fraction of sp³-hybridized carbons (Fsp3) is 0.385. The molecule has 0 bridgehead atoms. The highest BCUT2D eigenvalue weighted by Crippen LogP contribution is 2.32. The zero-order chi connectivity index (χ0) is 13.8. The summed E-state index contributed by atoms with van der Waals surface area (Å²) in [6.07, 6.45) is 0. The van der Waals surface area contributed by atoms with Crippen LogP contribution < -0.4 is 20.1 Å². The number of hydrogen-bond acceptors (Lipinski definition) is 4. The van der Waals surface area contributed by atoms with Crippen molar-refractivity contribution in [2.75, 3.05) is 6.79 Å². The molecule has 2 N–H and O–H groups in total. The molecule has 0 saturated heterocycles. The third-order valence-electron chi connectivity index (χ3n) is 2.72. The van der Waals surface area contributed by atoms with Crippen LogP contribution in [0.1, 0.15) is 19.4 Å². The summed E-state index contributed by atoms with van der Waals surface area (Å²) in [6.45, 7) is 3.61. The molecule has 1 aliphatic rings. The smallest absolute Gasteiger partial charge is 0.242 e. The molecule has 2 rings (SSSR count). The van der Waals surface area contributed by atoms with Crippen molar-refractivity contribution >= 4 is 11.8 Å². The Hall–Kier alpha value is -2.24. The van der Waals surface area contributed by atoms with Crippen LogP contribution in [0.4, 0.5) is 0 Å². The Balaban J connectivity index is 1.88. The van der Waals surface area contributed by atoms with E-state index in [1.807, 2.05) is 12.1 Å². The lowest BCUT2D eigenvalue weighted by Crippen LogP contribution is -2.43. The van der Waals surface area contributed by atoms with Gasteiger partial charge in [-0.2, -0.15) is 0 Å². The molecule has 0 fully saturated rings. The molecule has 2 amide bonds. The van der Waals surface area contributed by atoms with Gasteiger partial charge >= 0.3 is 0 Å². The minimum absolute atomic E-state index is 0.227. The number of rotatable bonds is 4. The van der Waals surface area contributed by atoms with E-state index in [1.54, 1.807) is 13.0 Å². The zero-order valence-corrected chi connectivity index (χ0v) is 10.9. The second-order valence-electron chi connectivity index (χ2n) is 4.33. The van der Waals surface area contributed by atoms with Crippen LogP contribution in [0.2, 0.25) is 0 Å². The minimum atomic E-state index is -0.550. The summed E-state index contributed by atoms with van der Waals surface area (Å²) >= 11 is 0. The summed E-state index contributed by atoms with van der Waals surface area (Å²) in [5.41, 5.74) is 0.910. The Kier molecular flexibility index (Phi) is 3.89. The molecule has 1 aromatic carbocycles. The van der Waals surface area contributed by atoms with Gasteiger partial charge in [-0.3, -0.25) is 9.59 Å². The summed E-state index contributed by atoms with van der Waals surface area (Å²) in [5, 5.41) is 5.27. The number of ether oxygens (including phenoxy) is 2. The van der Waals surface area contributed by atoms with E-state index in [1.165, 1.54) is 6.92 Å². The van der Waals surface area contributed by atoms with Crippen LogP contribution in [0, 0.1) is 0 Å². The largest absolute Gasteiger partial charge is 0.454 e. The SMILES string of the molecule is CC(=O)NC(C)C(=O)NCc1ccc2c(c1)OCO2. The highest BCUT2D eigenvalue weighted by atomic mass is 16.7. The average molecular weight is 264 g/mol. The van der Waals surface area contributed by atoms with E-state index in [4.69, 9.17) is 9.47 Å². The number of carbonyl (C=O) groups is 2. The maximum Gasteiger partial charge on any atom is 0.242 e. The van der Waals surface area contributed by atoms with Gasteiger partial charge < -0.3 is 20.1 Å². The summed E-state index contributed by atoms with van der Waals surface area (Å²) in [7, 11) is 0. The van der Waals surface area contributed by atoms with Gasteiger partial charge in [0, 0.05) is 13.5 Å². The van der Waals surface area contributed by atoms with E-state index in [-0.39, 0.29) is 18.6 Å². The number of hydrogen-bond donors (Lipinski definition) is 2. The standard InChI is InChI=1S/C13H16N2O4/c1-8(15-9(2)16)13(17)14-6-10-3-4-11-12(5-10)19-7-18-11/h3-5,8H,6-7H2,1-2H3,(H,14,17)(H,15,16). The maximum atomic E-state index is 11.7. The quantitative estimate of drug-likeness (QED) is 0.833. The number of fused-ring (bicyclic) bond motifs is 1. The second-order valence-corrected chi connectivity index (χ2v) is 4.33. The molecule has 1 aliphatic heterocycles. The third kappa shape index (κ3) is 3.37. The van der Waals surface area contributed by atoms with Crippen molar-refractivity contribution in [1.82, 2.24) is 10.6 Å². The van der Waals surface area contributed by atoms with Gasteiger partial charge in [0.15, 0.2) is 11.5 Å². The number of benzene rings is 1. The molecule has 1 heterocycles. The van der Waals surface area contributed by atoms with Gasteiger partial charge in [0.2, 0.25) is 18.6 Å². The molecule has 0 aromatic heterocycles. The molecule has 6 heteroatoms. The molecule has 19 heavy (non-hydrogen) atoms. The molecular weight excluding hydrogens is 248 g/mol. The Labute approximate surface area is 111 Å². The molecule has 0 spiro atoms. The number of nitrogens with one attached hydrogen (secondary N) is 2. The molecular formula is C13H16N2O4. The van der Waals surface area contributed by atoms with Gasteiger partial charge in [0.05, 0.1) is 0 Å². The van der Waals surface area contributed by atoms with Crippen molar-refractivity contribution in [1.29, 1.82) is 0 Å². The van der Waals surface area contributed by atoms with Crippen LogP contribution in [0.25, 0.3) is 0 Å². The first-order chi connectivity index (χ1) is 9.06. The lowest BCUT2D eigenvalue weighted by Gasteiger charge is -2.12. The predicted molar refractivity (Wildman–Crippen MR) is 67.7 cm³/mol. The van der Waals surface area contributed by atoms with E-state index < -0.39 is 6.04 Å². The third-order valence-corrected chi connectivity index (χ3v) is 2.72. The van der Waals surface area contributed by atoms with Gasteiger partial charge in [-0.05, 0) is 24.6 Å². The van der Waals surface area contributed by atoms with Crippen LogP contribution >= 0.6 is 0 Å². The van der Waals surface area contributed by atoms with E-state index in [0.29, 0.717) is 18.0 Å². The van der Waals surface area contributed by atoms with Gasteiger partial charge in [0.1, 0.15) is 6.04 Å². The summed E-state index contributed by atoms with van der Waals surface area (Å²) in [6, 6.07) is 4.94. The van der Waals surface area contributed by atoms with Gasteiger partial charge in [-0.25, -0.2) is 0 Å². The highest BCUT2D eigenvalue weighted by Gasteiger charge is 2.15. The Morgan fingerprint density at radius 1 is 1.32 bits per heavy atom. The second kappa shape index (κ2) is 5.60. The van der Waals surface area contributed by atoms with Gasteiger partial charge in [-0.1, -0.05) is 6.07 Å². The number of carbonyl (C=O) groups excluding carboxylic acids is 2. The van der Waals surface area contributed by atoms with Crippen LogP contribution in [-0.2, 0) is 16.1 Å². The van der Waals surface area contributed by atoms with E-state index in [2.05, 4.69) is 10.6 Å². The van der Waals surface area contributed by atoms with Gasteiger partial charge in [-0.15, -0.1) is 0 Å². The minimum Gasteiger partial charge on any atom is -0.454 e. The molecule has 0 saturated carbocycles. The van der Waals surface area contributed by atoms with Crippen molar-refractivity contribution in [2.45, 2.75) is 26.4 Å². The van der Waals surface area contributed by atoms with Crippen molar-refractivity contribution in [2.24, 2.45) is 0 Å². The molecule has 1 atom stereocenters. The van der Waals surface area contributed by atoms with Crippen LogP contribution in [0.3, 0.4) is 0 Å². The first kappa shape index (κ1) is 13.2. The Morgan fingerprint density at radius 2 is 2.05 bits per heavy atom. The maximum absolute atomic E-state index is 11.7. The molecule has 6 nitrogen and oxygen atoms in total. The van der Waals surface area contributed by atoms with Crippen molar-refractivity contribution in [3.05, 3.63) is 23.8 Å². The van der Waals surface area contributed by atoms with E-state index in [0.717, 1.165) is 5.56 Å². The van der Waals surface area contributed by atoms with Crippen molar-refractivity contribution in [3.8, 4) is 11.5 Å². The highest BCUT2D eigenvalue weighted by molar-refractivity contribution is 5.86. The Morgan fingerprint density at radius 3 is 2.79 bits per heavy atom. The summed E-state index contributed by atoms with van der Waals surface area (Å²) < 4.78 is 10.5. The Bertz CT molecular complexity index is 501. The predicted octanol–water partition coefficient (Wildman–Crippen LogP) is 0.556. The van der Waals surface area contributed by atoms with Crippen molar-refractivity contribution in [3.63, 3.8) is 0 Å². The normalized spacial score (nSPS) is 13.8. The van der Waals surface area contributed by atoms with E-state index in [9.17, 15) is 9.59 Å².